The van der Waals surface area contributed by atoms with E-state index in [0.29, 0.717) is 5.41 Å². The van der Waals surface area contributed by atoms with Gasteiger partial charge in [-0.15, -0.1) is 0 Å². The van der Waals surface area contributed by atoms with Gasteiger partial charge in [0.05, 0.1) is 12.1 Å². The molecule has 0 N–H and O–H groups in total. The molecule has 1 saturated carbocycles. The van der Waals surface area contributed by atoms with Gasteiger partial charge in [-0.1, -0.05) is 6.07 Å². The third-order valence-corrected chi connectivity index (χ3v) is 4.10. The molecule has 1 heterocycles. The van der Waals surface area contributed by atoms with Crippen molar-refractivity contribution in [3.63, 3.8) is 0 Å². The highest BCUT2D eigenvalue weighted by Gasteiger charge is 2.42. The lowest BCUT2D eigenvalue weighted by Crippen LogP contribution is -2.14. The largest absolute Gasteiger partial charge is 0.492 e. The van der Waals surface area contributed by atoms with Crippen molar-refractivity contribution in [3.05, 3.63) is 36.5 Å². The number of hydrogen-bond acceptors (Lipinski definition) is 3. The van der Waals surface area contributed by atoms with Crippen molar-refractivity contribution < 1.29 is 4.74 Å². The quantitative estimate of drug-likeness (QED) is 0.835. The molecule has 0 radical (unpaired) electrons. The standard InChI is InChI=1S/C14H15NOS/c17-10-14(6-7-14)9-16-13-5-1-4-12-11(13)3-2-8-15-12/h1-5,8,17H,6-7,9-10H2. The second-order valence-corrected chi connectivity index (χ2v) is 5.09. The Kier molecular flexibility index (Phi) is 2.71. The molecular formula is C14H15NOS. The van der Waals surface area contributed by atoms with Crippen molar-refractivity contribution in [3.8, 4) is 5.75 Å². The van der Waals surface area contributed by atoms with Crippen LogP contribution in [0.3, 0.4) is 0 Å². The van der Waals surface area contributed by atoms with Crippen LogP contribution in [0, 0.1) is 5.41 Å². The maximum absolute atomic E-state index is 5.95. The van der Waals surface area contributed by atoms with Crippen molar-refractivity contribution >= 4 is 23.5 Å². The molecule has 1 aliphatic rings. The molecule has 0 aliphatic heterocycles. The zero-order chi connectivity index (χ0) is 11.7. The molecule has 2 aromatic rings. The summed E-state index contributed by atoms with van der Waals surface area (Å²) in [6.45, 7) is 0.768. The van der Waals surface area contributed by atoms with Gasteiger partial charge in [-0.3, -0.25) is 4.98 Å². The molecule has 1 aliphatic carbocycles. The molecule has 0 unspecified atom stereocenters. The molecule has 1 aromatic carbocycles. The third-order valence-electron chi connectivity index (χ3n) is 3.43. The molecule has 88 valence electrons. The van der Waals surface area contributed by atoms with Crippen molar-refractivity contribution in [1.82, 2.24) is 4.98 Å². The van der Waals surface area contributed by atoms with Crippen LogP contribution in [0.1, 0.15) is 12.8 Å². The highest BCUT2D eigenvalue weighted by Crippen LogP contribution is 2.46. The molecule has 2 nitrogen and oxygen atoms in total. The summed E-state index contributed by atoms with van der Waals surface area (Å²) in [4.78, 5) is 4.33. The SMILES string of the molecule is SCC1(COc2cccc3ncccc23)CC1. The van der Waals surface area contributed by atoms with E-state index >= 15 is 0 Å². The molecule has 0 bridgehead atoms. The van der Waals surface area contributed by atoms with E-state index in [2.05, 4.69) is 23.7 Å². The monoisotopic (exact) mass is 245 g/mol. The molecule has 1 fully saturated rings. The van der Waals surface area contributed by atoms with Crippen LogP contribution in [0.2, 0.25) is 0 Å². The highest BCUT2D eigenvalue weighted by molar-refractivity contribution is 7.80. The van der Waals surface area contributed by atoms with Crippen LogP contribution in [-0.4, -0.2) is 17.3 Å². The number of thiol groups is 1. The lowest BCUT2D eigenvalue weighted by atomic mass is 10.1. The van der Waals surface area contributed by atoms with E-state index in [0.717, 1.165) is 29.0 Å². The second-order valence-electron chi connectivity index (χ2n) is 4.77. The van der Waals surface area contributed by atoms with Gasteiger partial charge in [0, 0.05) is 17.0 Å². The number of nitrogens with zero attached hydrogens (tertiary/aromatic N) is 1. The van der Waals surface area contributed by atoms with E-state index < -0.39 is 0 Å². The van der Waals surface area contributed by atoms with Crippen LogP contribution < -0.4 is 4.74 Å². The molecule has 0 spiro atoms. The van der Waals surface area contributed by atoms with Gasteiger partial charge in [-0.2, -0.15) is 12.6 Å². The van der Waals surface area contributed by atoms with Crippen LogP contribution in [0.4, 0.5) is 0 Å². The van der Waals surface area contributed by atoms with E-state index in [9.17, 15) is 0 Å². The van der Waals surface area contributed by atoms with E-state index in [4.69, 9.17) is 4.74 Å². The topological polar surface area (TPSA) is 22.1 Å². The number of pyridine rings is 1. The Morgan fingerprint density at radius 1 is 1.24 bits per heavy atom. The normalized spacial score (nSPS) is 17.0. The Morgan fingerprint density at radius 3 is 2.88 bits per heavy atom. The fourth-order valence-corrected chi connectivity index (χ4v) is 2.36. The van der Waals surface area contributed by atoms with E-state index in [1.807, 2.05) is 30.5 Å². The molecule has 17 heavy (non-hydrogen) atoms. The van der Waals surface area contributed by atoms with Crippen LogP contribution >= 0.6 is 12.6 Å². The Labute approximate surface area is 106 Å². The second kappa shape index (κ2) is 4.22. The average molecular weight is 245 g/mol. The van der Waals surface area contributed by atoms with Gasteiger partial charge in [0.1, 0.15) is 5.75 Å². The van der Waals surface area contributed by atoms with Gasteiger partial charge in [-0.25, -0.2) is 0 Å². The number of aromatic nitrogens is 1. The zero-order valence-corrected chi connectivity index (χ0v) is 10.5. The summed E-state index contributed by atoms with van der Waals surface area (Å²) >= 11 is 4.39. The number of fused-ring (bicyclic) bond motifs is 1. The van der Waals surface area contributed by atoms with Crippen LogP contribution in [0.25, 0.3) is 10.9 Å². The van der Waals surface area contributed by atoms with Gasteiger partial charge in [0.25, 0.3) is 0 Å². The Morgan fingerprint density at radius 2 is 2.12 bits per heavy atom. The van der Waals surface area contributed by atoms with E-state index in [-0.39, 0.29) is 0 Å². The summed E-state index contributed by atoms with van der Waals surface area (Å²) in [5.41, 5.74) is 1.31. The summed E-state index contributed by atoms with van der Waals surface area (Å²) in [6.07, 6.45) is 4.28. The zero-order valence-electron chi connectivity index (χ0n) is 9.60. The smallest absolute Gasteiger partial charge is 0.128 e. The molecule has 0 atom stereocenters. The van der Waals surface area contributed by atoms with E-state index in [1.165, 1.54) is 12.8 Å². The van der Waals surface area contributed by atoms with Crippen molar-refractivity contribution in [1.29, 1.82) is 0 Å². The summed E-state index contributed by atoms with van der Waals surface area (Å²) in [7, 11) is 0. The highest BCUT2D eigenvalue weighted by atomic mass is 32.1. The maximum atomic E-state index is 5.95. The Bertz CT molecular complexity index is 531. The maximum Gasteiger partial charge on any atom is 0.128 e. The first kappa shape index (κ1) is 10.9. The molecular weight excluding hydrogens is 230 g/mol. The van der Waals surface area contributed by atoms with Crippen LogP contribution in [0.15, 0.2) is 36.5 Å². The lowest BCUT2D eigenvalue weighted by Gasteiger charge is -2.14. The molecule has 0 amide bonds. The minimum absolute atomic E-state index is 0.327. The molecule has 0 saturated heterocycles. The third kappa shape index (κ3) is 2.12. The fourth-order valence-electron chi connectivity index (χ4n) is 1.96. The first-order chi connectivity index (χ1) is 8.33. The fraction of sp³-hybridized carbons (Fsp3) is 0.357. The summed E-state index contributed by atoms with van der Waals surface area (Å²) in [5.74, 6) is 1.85. The first-order valence-electron chi connectivity index (χ1n) is 5.90. The van der Waals surface area contributed by atoms with Crippen molar-refractivity contribution in [2.24, 2.45) is 5.41 Å². The van der Waals surface area contributed by atoms with Crippen molar-refractivity contribution in [2.45, 2.75) is 12.8 Å². The number of hydrogen-bond donors (Lipinski definition) is 1. The lowest BCUT2D eigenvalue weighted by molar-refractivity contribution is 0.253. The van der Waals surface area contributed by atoms with E-state index in [1.54, 1.807) is 0 Å². The Balaban J connectivity index is 1.85. The van der Waals surface area contributed by atoms with Crippen LogP contribution in [-0.2, 0) is 0 Å². The summed E-state index contributed by atoms with van der Waals surface area (Å²) < 4.78 is 5.95. The predicted molar refractivity (Wildman–Crippen MR) is 72.8 cm³/mol. The predicted octanol–water partition coefficient (Wildman–Crippen LogP) is 3.32. The molecule has 3 rings (SSSR count). The summed E-state index contributed by atoms with van der Waals surface area (Å²) in [5, 5.41) is 1.09. The number of benzene rings is 1. The van der Waals surface area contributed by atoms with Gasteiger partial charge in [0.2, 0.25) is 0 Å². The first-order valence-corrected chi connectivity index (χ1v) is 6.54. The molecule has 1 aromatic heterocycles. The van der Waals surface area contributed by atoms with Gasteiger partial charge in [0.15, 0.2) is 0 Å². The molecule has 3 heteroatoms. The van der Waals surface area contributed by atoms with Gasteiger partial charge >= 0.3 is 0 Å². The average Bonchev–Trinajstić information content (AvgIpc) is 3.17. The van der Waals surface area contributed by atoms with Crippen LogP contribution in [0.5, 0.6) is 5.75 Å². The minimum atomic E-state index is 0.327. The number of rotatable bonds is 4. The minimum Gasteiger partial charge on any atom is -0.492 e. The van der Waals surface area contributed by atoms with Gasteiger partial charge < -0.3 is 4.74 Å². The summed E-state index contributed by atoms with van der Waals surface area (Å²) in [6, 6.07) is 10.0. The van der Waals surface area contributed by atoms with Gasteiger partial charge in [-0.05, 0) is 42.9 Å². The van der Waals surface area contributed by atoms with Crippen molar-refractivity contribution in [2.75, 3.05) is 12.4 Å². The number of ether oxygens (including phenoxy) is 1. The Hall–Kier alpha value is -1.22.